The summed E-state index contributed by atoms with van der Waals surface area (Å²) in [5.74, 6) is -0.871. The quantitative estimate of drug-likeness (QED) is 0.275. The molecule has 3 N–H and O–H groups in total. The average Bonchev–Trinajstić information content (AvgIpc) is 3.34. The number of amides is 1. The van der Waals surface area contributed by atoms with Crippen LogP contribution in [0.1, 0.15) is 45.7 Å². The van der Waals surface area contributed by atoms with Crippen LogP contribution < -0.4 is 25.2 Å². The highest BCUT2D eigenvalue weighted by molar-refractivity contribution is 7.88. The Kier molecular flexibility index (Phi) is 7.45. The highest BCUT2D eigenvalue weighted by atomic mass is 35.5. The predicted molar refractivity (Wildman–Crippen MR) is 155 cm³/mol. The third kappa shape index (κ3) is 5.60. The highest BCUT2D eigenvalue weighted by Crippen LogP contribution is 2.31. The molecule has 1 aliphatic heterocycles. The zero-order chi connectivity index (χ0) is 29.6. The van der Waals surface area contributed by atoms with Crippen molar-refractivity contribution in [2.75, 3.05) is 17.3 Å². The zero-order valence-electron chi connectivity index (χ0n) is 22.6. The highest BCUT2D eigenvalue weighted by Gasteiger charge is 2.26. The number of rotatable bonds is 7. The SMILES string of the molecule is CNS(=O)(=O)NC(=O)c1nc(Cl)ccc1N[C@H](C)c1cc(C)cc2c(=O)n(C)c(N3Cc4ccc(F)cc4C3)nc12. The Morgan fingerprint density at radius 3 is 2.56 bits per heavy atom. The van der Waals surface area contributed by atoms with Gasteiger partial charge in [0.15, 0.2) is 5.69 Å². The van der Waals surface area contributed by atoms with E-state index >= 15 is 0 Å². The van der Waals surface area contributed by atoms with E-state index in [0.29, 0.717) is 35.5 Å². The molecule has 11 nitrogen and oxygen atoms in total. The molecule has 14 heteroatoms. The van der Waals surface area contributed by atoms with Crippen LogP contribution in [0.3, 0.4) is 0 Å². The van der Waals surface area contributed by atoms with Gasteiger partial charge in [-0.05, 0) is 60.9 Å². The van der Waals surface area contributed by atoms with Crippen LogP contribution in [0.15, 0.2) is 47.3 Å². The summed E-state index contributed by atoms with van der Waals surface area (Å²) >= 11 is 6.02. The molecule has 0 unspecified atom stereocenters. The molecule has 0 saturated heterocycles. The molecule has 1 amide bonds. The van der Waals surface area contributed by atoms with Crippen LogP contribution in [-0.4, -0.2) is 35.9 Å². The zero-order valence-corrected chi connectivity index (χ0v) is 24.2. The first-order valence-corrected chi connectivity index (χ1v) is 14.4. The number of benzene rings is 2. The van der Waals surface area contributed by atoms with Gasteiger partial charge in [-0.1, -0.05) is 23.7 Å². The van der Waals surface area contributed by atoms with Crippen LogP contribution >= 0.6 is 11.6 Å². The number of carbonyl (C=O) groups excluding carboxylic acids is 1. The van der Waals surface area contributed by atoms with Crippen molar-refractivity contribution in [2.45, 2.75) is 33.0 Å². The van der Waals surface area contributed by atoms with Gasteiger partial charge in [-0.25, -0.2) is 23.8 Å². The van der Waals surface area contributed by atoms with E-state index in [2.05, 4.69) is 10.3 Å². The summed E-state index contributed by atoms with van der Waals surface area (Å²) in [4.78, 5) is 37.2. The van der Waals surface area contributed by atoms with E-state index < -0.39 is 22.2 Å². The summed E-state index contributed by atoms with van der Waals surface area (Å²) in [6.07, 6.45) is 0. The summed E-state index contributed by atoms with van der Waals surface area (Å²) in [7, 11) is -1.27. The van der Waals surface area contributed by atoms with E-state index in [9.17, 15) is 22.4 Å². The third-order valence-corrected chi connectivity index (χ3v) is 8.12. The number of nitrogens with zero attached hydrogens (tertiary/aromatic N) is 4. The lowest BCUT2D eigenvalue weighted by molar-refractivity contribution is 0.0977. The van der Waals surface area contributed by atoms with Gasteiger partial charge in [-0.2, -0.15) is 8.42 Å². The minimum absolute atomic E-state index is 0.00231. The van der Waals surface area contributed by atoms with Gasteiger partial charge in [0, 0.05) is 32.7 Å². The lowest BCUT2D eigenvalue weighted by atomic mass is 10.0. The van der Waals surface area contributed by atoms with Crippen molar-refractivity contribution in [3.05, 3.63) is 91.7 Å². The van der Waals surface area contributed by atoms with Crippen LogP contribution in [0.25, 0.3) is 10.9 Å². The summed E-state index contributed by atoms with van der Waals surface area (Å²) in [6, 6.07) is 10.8. The molecule has 41 heavy (non-hydrogen) atoms. The maximum Gasteiger partial charge on any atom is 0.301 e. The molecule has 3 heterocycles. The molecular formula is C27H27ClFN7O4S. The van der Waals surface area contributed by atoms with Gasteiger partial charge in [-0.3, -0.25) is 14.2 Å². The Morgan fingerprint density at radius 2 is 1.83 bits per heavy atom. The first kappa shape index (κ1) is 28.5. The third-order valence-electron chi connectivity index (χ3n) is 6.91. The fraction of sp³-hybridized carbons (Fsp3) is 0.259. The Morgan fingerprint density at radius 1 is 1.10 bits per heavy atom. The van der Waals surface area contributed by atoms with Crippen LogP contribution in [0.5, 0.6) is 0 Å². The number of nitrogens with one attached hydrogen (secondary N) is 3. The first-order valence-electron chi connectivity index (χ1n) is 12.6. The normalized spacial score (nSPS) is 13.8. The van der Waals surface area contributed by atoms with Crippen molar-refractivity contribution >= 4 is 50.3 Å². The smallest absolute Gasteiger partial charge is 0.301 e. The number of pyridine rings is 1. The van der Waals surface area contributed by atoms with E-state index in [-0.39, 0.29) is 27.9 Å². The van der Waals surface area contributed by atoms with Crippen LogP contribution in [0.4, 0.5) is 16.0 Å². The van der Waals surface area contributed by atoms with Crippen LogP contribution in [-0.2, 0) is 30.3 Å². The molecule has 0 saturated carbocycles. The molecule has 214 valence electrons. The van der Waals surface area contributed by atoms with Crippen molar-refractivity contribution < 1.29 is 17.6 Å². The molecule has 0 aliphatic carbocycles. The standard InChI is InChI=1S/C27H27ClFN7O4S/c1-14-9-19(15(2)31-21-7-8-22(28)32-24(21)25(37)34-41(39,40)30-3)23-20(10-14)26(38)35(4)27(33-23)36-12-16-5-6-18(29)11-17(16)13-36/h5-11,15,30-31H,12-13H2,1-4H3,(H,34,37)/t15-/m1/s1. The van der Waals surface area contributed by atoms with Gasteiger partial charge in [0.05, 0.1) is 22.6 Å². The van der Waals surface area contributed by atoms with E-state index in [4.69, 9.17) is 16.6 Å². The molecular weight excluding hydrogens is 573 g/mol. The number of hydrogen-bond donors (Lipinski definition) is 3. The number of carbonyl (C=O) groups is 1. The van der Waals surface area contributed by atoms with E-state index in [1.165, 1.54) is 28.8 Å². The minimum Gasteiger partial charge on any atom is -0.377 e. The fourth-order valence-electron chi connectivity index (χ4n) is 4.92. The second-order valence-electron chi connectivity index (χ2n) is 9.83. The van der Waals surface area contributed by atoms with Crippen molar-refractivity contribution in [3.8, 4) is 0 Å². The maximum absolute atomic E-state index is 13.8. The monoisotopic (exact) mass is 599 g/mol. The van der Waals surface area contributed by atoms with Crippen molar-refractivity contribution in [1.29, 1.82) is 0 Å². The molecule has 4 aromatic rings. The van der Waals surface area contributed by atoms with Gasteiger partial charge in [0.2, 0.25) is 5.95 Å². The summed E-state index contributed by atoms with van der Waals surface area (Å²) in [5, 5.41) is 3.61. The Labute approximate surface area is 240 Å². The van der Waals surface area contributed by atoms with Gasteiger partial charge in [0.1, 0.15) is 11.0 Å². The van der Waals surface area contributed by atoms with Gasteiger partial charge < -0.3 is 10.2 Å². The summed E-state index contributed by atoms with van der Waals surface area (Å²) in [6.45, 7) is 4.56. The Hall–Kier alpha value is -4.07. The maximum atomic E-state index is 13.8. The molecule has 0 radical (unpaired) electrons. The molecule has 0 bridgehead atoms. The second kappa shape index (κ2) is 10.7. The summed E-state index contributed by atoms with van der Waals surface area (Å²) in [5.41, 5.74) is 3.50. The number of anilines is 2. The number of aromatic nitrogens is 3. The molecule has 5 rings (SSSR count). The molecule has 1 aliphatic rings. The Bertz CT molecular complexity index is 1880. The number of aryl methyl sites for hydroxylation is 1. The molecule has 0 spiro atoms. The first-order chi connectivity index (χ1) is 19.4. The molecule has 0 fully saturated rings. The van der Waals surface area contributed by atoms with Gasteiger partial charge in [0.25, 0.3) is 11.5 Å². The van der Waals surface area contributed by atoms with Crippen molar-refractivity contribution in [1.82, 2.24) is 24.0 Å². The Balaban J connectivity index is 1.55. The minimum atomic E-state index is -4.09. The molecule has 2 aromatic carbocycles. The topological polar surface area (TPSA) is 138 Å². The fourth-order valence-corrected chi connectivity index (χ4v) is 5.51. The predicted octanol–water partition coefficient (Wildman–Crippen LogP) is 3.32. The second-order valence-corrected chi connectivity index (χ2v) is 11.8. The lowest BCUT2D eigenvalue weighted by Crippen LogP contribution is -2.39. The van der Waals surface area contributed by atoms with E-state index in [0.717, 1.165) is 23.7 Å². The van der Waals surface area contributed by atoms with Crippen LogP contribution in [0.2, 0.25) is 5.15 Å². The lowest BCUT2D eigenvalue weighted by Gasteiger charge is -2.23. The number of hydrogen-bond acceptors (Lipinski definition) is 8. The largest absolute Gasteiger partial charge is 0.377 e. The summed E-state index contributed by atoms with van der Waals surface area (Å²) < 4.78 is 43.0. The van der Waals surface area contributed by atoms with E-state index in [1.807, 2.05) is 34.3 Å². The van der Waals surface area contributed by atoms with Gasteiger partial charge in [-0.15, -0.1) is 0 Å². The van der Waals surface area contributed by atoms with Crippen molar-refractivity contribution in [2.24, 2.45) is 7.05 Å². The van der Waals surface area contributed by atoms with E-state index in [1.54, 1.807) is 19.2 Å². The van der Waals surface area contributed by atoms with Crippen LogP contribution in [0, 0.1) is 12.7 Å². The average molecular weight is 600 g/mol. The molecule has 2 aromatic heterocycles. The van der Waals surface area contributed by atoms with Crippen molar-refractivity contribution in [3.63, 3.8) is 0 Å². The van der Waals surface area contributed by atoms with Gasteiger partial charge >= 0.3 is 10.2 Å². The molecule has 1 atom stereocenters. The number of halogens is 2. The number of fused-ring (bicyclic) bond motifs is 2.